The second-order valence-electron chi connectivity index (χ2n) is 3.85. The molecule has 0 aliphatic rings. The van der Waals surface area contributed by atoms with Gasteiger partial charge in [-0.2, -0.15) is 0 Å². The Morgan fingerprint density at radius 2 is 1.83 bits per heavy atom. The summed E-state index contributed by atoms with van der Waals surface area (Å²) in [7, 11) is 0. The molecule has 1 aromatic heterocycles. The molecular weight excluding hydrogens is 244 g/mol. The highest BCUT2D eigenvalue weighted by molar-refractivity contribution is 7.21. The maximum Gasteiger partial charge on any atom is 0.124 e. The van der Waals surface area contributed by atoms with Crippen LogP contribution in [0.1, 0.15) is 5.56 Å². The van der Waals surface area contributed by atoms with Crippen LogP contribution in [0.3, 0.4) is 0 Å². The van der Waals surface area contributed by atoms with Gasteiger partial charge in [0.15, 0.2) is 0 Å². The first kappa shape index (κ1) is 10.9. The van der Waals surface area contributed by atoms with Gasteiger partial charge in [0.25, 0.3) is 0 Å². The van der Waals surface area contributed by atoms with E-state index in [9.17, 15) is 0 Å². The third-order valence-corrected chi connectivity index (χ3v) is 3.74. The SMILES string of the molecule is O/N=C\c1ccc(-c2nc3ccccc3s2)cc1. The summed E-state index contributed by atoms with van der Waals surface area (Å²) in [5.74, 6) is 0. The van der Waals surface area contributed by atoms with Crippen LogP contribution in [0.2, 0.25) is 0 Å². The van der Waals surface area contributed by atoms with Crippen LogP contribution in [0.4, 0.5) is 0 Å². The van der Waals surface area contributed by atoms with Crippen molar-refractivity contribution in [2.75, 3.05) is 0 Å². The molecule has 0 aliphatic heterocycles. The summed E-state index contributed by atoms with van der Waals surface area (Å²) in [6.07, 6.45) is 1.40. The van der Waals surface area contributed by atoms with Gasteiger partial charge in [-0.25, -0.2) is 4.98 Å². The predicted molar refractivity (Wildman–Crippen MR) is 74.4 cm³/mol. The first-order valence-corrected chi connectivity index (χ1v) is 6.32. The van der Waals surface area contributed by atoms with Crippen LogP contribution in [0.5, 0.6) is 0 Å². The molecule has 3 rings (SSSR count). The fraction of sp³-hybridized carbons (Fsp3) is 0. The summed E-state index contributed by atoms with van der Waals surface area (Å²) in [6, 6.07) is 15.9. The van der Waals surface area contributed by atoms with Crippen molar-refractivity contribution in [3.63, 3.8) is 0 Å². The molecule has 0 amide bonds. The normalized spacial score (nSPS) is 11.3. The standard InChI is InChI=1S/C14H10N2OS/c17-15-9-10-5-7-11(8-6-10)14-16-12-3-1-2-4-13(12)18-14/h1-9,17H/b15-9-. The number of hydrogen-bond donors (Lipinski definition) is 1. The highest BCUT2D eigenvalue weighted by Crippen LogP contribution is 2.29. The number of hydrogen-bond acceptors (Lipinski definition) is 4. The lowest BCUT2D eigenvalue weighted by Gasteiger charge is -1.96. The molecule has 2 aromatic carbocycles. The van der Waals surface area contributed by atoms with Crippen molar-refractivity contribution in [1.29, 1.82) is 0 Å². The van der Waals surface area contributed by atoms with Crippen LogP contribution in [0.25, 0.3) is 20.8 Å². The maximum atomic E-state index is 8.46. The smallest absolute Gasteiger partial charge is 0.124 e. The van der Waals surface area contributed by atoms with E-state index in [0.717, 1.165) is 21.7 Å². The Balaban J connectivity index is 2.03. The molecular formula is C14H10N2OS. The van der Waals surface area contributed by atoms with E-state index >= 15 is 0 Å². The van der Waals surface area contributed by atoms with E-state index in [-0.39, 0.29) is 0 Å². The Morgan fingerprint density at radius 1 is 1.06 bits per heavy atom. The fourth-order valence-corrected chi connectivity index (χ4v) is 2.75. The second-order valence-corrected chi connectivity index (χ2v) is 4.88. The average Bonchev–Trinajstić information content (AvgIpc) is 2.84. The number of oxime groups is 1. The molecule has 88 valence electrons. The minimum Gasteiger partial charge on any atom is -0.411 e. The molecule has 1 N–H and O–H groups in total. The number of para-hydroxylation sites is 1. The third-order valence-electron chi connectivity index (χ3n) is 2.66. The summed E-state index contributed by atoms with van der Waals surface area (Å²) < 4.78 is 1.19. The van der Waals surface area contributed by atoms with Crippen LogP contribution in [-0.2, 0) is 0 Å². The van der Waals surface area contributed by atoms with E-state index < -0.39 is 0 Å². The van der Waals surface area contributed by atoms with Gasteiger partial charge in [-0.05, 0) is 17.7 Å². The van der Waals surface area contributed by atoms with E-state index in [4.69, 9.17) is 5.21 Å². The van der Waals surface area contributed by atoms with E-state index in [2.05, 4.69) is 16.2 Å². The zero-order chi connectivity index (χ0) is 12.4. The van der Waals surface area contributed by atoms with Crippen LogP contribution in [0.15, 0.2) is 53.7 Å². The van der Waals surface area contributed by atoms with Crippen LogP contribution in [0, 0.1) is 0 Å². The topological polar surface area (TPSA) is 45.5 Å². The lowest BCUT2D eigenvalue weighted by molar-refractivity contribution is 0.322. The van der Waals surface area contributed by atoms with Gasteiger partial charge in [0, 0.05) is 5.56 Å². The van der Waals surface area contributed by atoms with Gasteiger partial charge in [-0.15, -0.1) is 11.3 Å². The molecule has 1 heterocycles. The molecule has 0 atom stereocenters. The van der Waals surface area contributed by atoms with Crippen molar-refractivity contribution >= 4 is 27.8 Å². The molecule has 0 saturated carbocycles. The van der Waals surface area contributed by atoms with Gasteiger partial charge in [0.1, 0.15) is 5.01 Å². The van der Waals surface area contributed by atoms with Crippen molar-refractivity contribution in [3.8, 4) is 10.6 Å². The number of nitrogens with zero attached hydrogens (tertiary/aromatic N) is 2. The Bertz CT molecular complexity index is 668. The van der Waals surface area contributed by atoms with Gasteiger partial charge in [-0.3, -0.25) is 0 Å². The van der Waals surface area contributed by atoms with Crippen molar-refractivity contribution < 1.29 is 5.21 Å². The third kappa shape index (κ3) is 1.98. The monoisotopic (exact) mass is 254 g/mol. The summed E-state index contributed by atoms with van der Waals surface area (Å²) in [5.41, 5.74) is 2.96. The van der Waals surface area contributed by atoms with Crippen molar-refractivity contribution in [1.82, 2.24) is 4.98 Å². The van der Waals surface area contributed by atoms with Gasteiger partial charge in [-0.1, -0.05) is 41.6 Å². The Morgan fingerprint density at radius 3 is 2.56 bits per heavy atom. The summed E-state index contributed by atoms with van der Waals surface area (Å²) >= 11 is 1.68. The molecule has 3 nitrogen and oxygen atoms in total. The maximum absolute atomic E-state index is 8.46. The van der Waals surface area contributed by atoms with Crippen LogP contribution < -0.4 is 0 Å². The van der Waals surface area contributed by atoms with Crippen LogP contribution >= 0.6 is 11.3 Å². The number of thiazole rings is 1. The number of benzene rings is 2. The Kier molecular flexibility index (Phi) is 2.78. The lowest BCUT2D eigenvalue weighted by atomic mass is 10.1. The van der Waals surface area contributed by atoms with Gasteiger partial charge in [0.2, 0.25) is 0 Å². The average molecular weight is 254 g/mol. The largest absolute Gasteiger partial charge is 0.411 e. The quantitative estimate of drug-likeness (QED) is 0.430. The second kappa shape index (κ2) is 4.58. The molecule has 0 aliphatic carbocycles. The highest BCUT2D eigenvalue weighted by Gasteiger charge is 2.05. The molecule has 0 unspecified atom stereocenters. The number of fused-ring (bicyclic) bond motifs is 1. The summed E-state index contributed by atoms with van der Waals surface area (Å²) in [6.45, 7) is 0. The number of aromatic nitrogens is 1. The summed E-state index contributed by atoms with van der Waals surface area (Å²) in [5, 5.41) is 12.5. The minimum absolute atomic E-state index is 0.863. The number of rotatable bonds is 2. The molecule has 0 bridgehead atoms. The highest BCUT2D eigenvalue weighted by atomic mass is 32.1. The zero-order valence-corrected chi connectivity index (χ0v) is 10.3. The molecule has 0 radical (unpaired) electrons. The van der Waals surface area contributed by atoms with Gasteiger partial charge in [0.05, 0.1) is 16.4 Å². The molecule has 0 saturated heterocycles. The molecule has 0 fully saturated rings. The predicted octanol–water partition coefficient (Wildman–Crippen LogP) is 3.77. The molecule has 3 aromatic rings. The van der Waals surface area contributed by atoms with Crippen molar-refractivity contribution in [3.05, 3.63) is 54.1 Å². The first-order valence-electron chi connectivity index (χ1n) is 5.50. The van der Waals surface area contributed by atoms with Crippen molar-refractivity contribution in [2.45, 2.75) is 0 Å². The molecule has 18 heavy (non-hydrogen) atoms. The first-order chi connectivity index (χ1) is 8.86. The van der Waals surface area contributed by atoms with Crippen molar-refractivity contribution in [2.24, 2.45) is 5.16 Å². The Labute approximate surface area is 108 Å². The van der Waals surface area contributed by atoms with E-state index in [1.165, 1.54) is 10.9 Å². The summed E-state index contributed by atoms with van der Waals surface area (Å²) in [4.78, 5) is 4.59. The lowest BCUT2D eigenvalue weighted by Crippen LogP contribution is -1.81. The zero-order valence-electron chi connectivity index (χ0n) is 9.45. The fourth-order valence-electron chi connectivity index (χ4n) is 1.77. The molecule has 4 heteroatoms. The van der Waals surface area contributed by atoms with Crippen LogP contribution in [-0.4, -0.2) is 16.4 Å². The Hall–Kier alpha value is -2.20. The van der Waals surface area contributed by atoms with Gasteiger partial charge < -0.3 is 5.21 Å². The van der Waals surface area contributed by atoms with E-state index in [1.807, 2.05) is 42.5 Å². The van der Waals surface area contributed by atoms with E-state index in [0.29, 0.717) is 0 Å². The molecule has 0 spiro atoms. The van der Waals surface area contributed by atoms with E-state index in [1.54, 1.807) is 11.3 Å². The minimum atomic E-state index is 0.863. The van der Waals surface area contributed by atoms with Gasteiger partial charge >= 0.3 is 0 Å².